The second-order valence-corrected chi connectivity index (χ2v) is 7.69. The van der Waals surface area contributed by atoms with Crippen molar-refractivity contribution in [3.63, 3.8) is 0 Å². The van der Waals surface area contributed by atoms with E-state index in [0.29, 0.717) is 0 Å². The summed E-state index contributed by atoms with van der Waals surface area (Å²) >= 11 is 0. The first kappa shape index (κ1) is 12.7. The Labute approximate surface area is 132 Å². The first-order chi connectivity index (χ1) is 10.7. The van der Waals surface area contributed by atoms with Gasteiger partial charge >= 0.3 is 0 Å². The first-order valence-electron chi connectivity index (χ1n) is 8.61. The molecule has 2 atom stereocenters. The average Bonchev–Trinajstić information content (AvgIpc) is 3.30. The number of allylic oxidation sites excluding steroid dienone is 8. The standard InChI is InChI=1S/C22H22/c1-22(2)19-11-7-6-10-15(19)21-18-12-17(18)16(13-20(21)22)14-8-4-3-5-9-14/h4,6-11,13,17-18H,3,5,12H2,1-2H3. The van der Waals surface area contributed by atoms with Crippen molar-refractivity contribution in [1.29, 1.82) is 0 Å². The lowest BCUT2D eigenvalue weighted by atomic mass is 9.78. The highest BCUT2D eigenvalue weighted by molar-refractivity contribution is 5.87. The number of fused-ring (bicyclic) bond motifs is 4. The molecule has 0 aromatic heterocycles. The summed E-state index contributed by atoms with van der Waals surface area (Å²) in [5.41, 5.74) is 9.56. The van der Waals surface area contributed by atoms with E-state index in [1.165, 1.54) is 36.0 Å². The summed E-state index contributed by atoms with van der Waals surface area (Å²) in [5.74, 6) is 1.55. The molecule has 0 N–H and O–H groups in total. The maximum absolute atomic E-state index is 2.55. The quantitative estimate of drug-likeness (QED) is 0.632. The van der Waals surface area contributed by atoms with Crippen LogP contribution in [0, 0.1) is 11.8 Å². The zero-order valence-corrected chi connectivity index (χ0v) is 13.4. The zero-order valence-electron chi connectivity index (χ0n) is 13.4. The highest BCUT2D eigenvalue weighted by atomic mass is 14.5. The number of benzene rings is 1. The van der Waals surface area contributed by atoms with Gasteiger partial charge in [-0.2, -0.15) is 0 Å². The van der Waals surface area contributed by atoms with E-state index in [4.69, 9.17) is 0 Å². The van der Waals surface area contributed by atoms with Crippen LogP contribution in [0.4, 0.5) is 0 Å². The maximum atomic E-state index is 2.55. The van der Waals surface area contributed by atoms with Crippen molar-refractivity contribution >= 4 is 5.57 Å². The van der Waals surface area contributed by atoms with Crippen molar-refractivity contribution < 1.29 is 0 Å². The molecule has 22 heavy (non-hydrogen) atoms. The van der Waals surface area contributed by atoms with Gasteiger partial charge in [0.15, 0.2) is 0 Å². The summed E-state index contributed by atoms with van der Waals surface area (Å²) < 4.78 is 0. The van der Waals surface area contributed by atoms with E-state index in [2.05, 4.69) is 62.4 Å². The molecule has 4 aliphatic carbocycles. The van der Waals surface area contributed by atoms with E-state index in [-0.39, 0.29) is 5.41 Å². The van der Waals surface area contributed by atoms with Crippen molar-refractivity contribution in [1.82, 2.24) is 0 Å². The first-order valence-corrected chi connectivity index (χ1v) is 8.61. The average molecular weight is 286 g/mol. The molecular formula is C22H22. The van der Waals surface area contributed by atoms with E-state index >= 15 is 0 Å². The third-order valence-electron chi connectivity index (χ3n) is 6.04. The summed E-state index contributed by atoms with van der Waals surface area (Å²) in [6.07, 6.45) is 13.4. The van der Waals surface area contributed by atoms with E-state index in [1.807, 2.05) is 0 Å². The number of hydrogen-bond donors (Lipinski definition) is 0. The summed E-state index contributed by atoms with van der Waals surface area (Å²) in [7, 11) is 0. The van der Waals surface area contributed by atoms with E-state index in [1.54, 1.807) is 16.7 Å². The maximum Gasteiger partial charge on any atom is 0.0155 e. The van der Waals surface area contributed by atoms with Crippen LogP contribution < -0.4 is 0 Å². The van der Waals surface area contributed by atoms with Crippen LogP contribution in [0.5, 0.6) is 0 Å². The molecule has 0 saturated heterocycles. The molecular weight excluding hydrogens is 264 g/mol. The van der Waals surface area contributed by atoms with Gasteiger partial charge < -0.3 is 0 Å². The fourth-order valence-electron chi connectivity index (χ4n) is 4.79. The Morgan fingerprint density at radius 2 is 1.91 bits per heavy atom. The second-order valence-electron chi connectivity index (χ2n) is 7.69. The third kappa shape index (κ3) is 1.53. The van der Waals surface area contributed by atoms with Gasteiger partial charge in [-0.25, -0.2) is 0 Å². The molecule has 110 valence electrons. The van der Waals surface area contributed by atoms with E-state index in [0.717, 1.165) is 11.8 Å². The van der Waals surface area contributed by atoms with Gasteiger partial charge in [0.05, 0.1) is 0 Å². The SMILES string of the molecule is CC1(C)C2=C(c3ccccc31)C1CC1C(C1=CCCC=C1)=C2. The molecule has 1 aromatic rings. The number of hydrogen-bond acceptors (Lipinski definition) is 0. The van der Waals surface area contributed by atoms with Crippen LogP contribution >= 0.6 is 0 Å². The summed E-state index contributed by atoms with van der Waals surface area (Å²) in [6.45, 7) is 4.80. The zero-order chi connectivity index (χ0) is 14.9. The van der Waals surface area contributed by atoms with Crippen LogP contribution in [0.1, 0.15) is 44.2 Å². The Hall–Kier alpha value is -1.82. The Morgan fingerprint density at radius 1 is 1.05 bits per heavy atom. The third-order valence-corrected chi connectivity index (χ3v) is 6.04. The van der Waals surface area contributed by atoms with Crippen LogP contribution in [0.15, 0.2) is 65.3 Å². The Kier molecular flexibility index (Phi) is 2.38. The Bertz CT molecular complexity index is 795. The lowest BCUT2D eigenvalue weighted by Crippen LogP contribution is -2.17. The molecule has 4 aliphatic rings. The smallest absolute Gasteiger partial charge is 0.0155 e. The fourth-order valence-corrected chi connectivity index (χ4v) is 4.79. The Morgan fingerprint density at radius 3 is 2.73 bits per heavy atom. The topological polar surface area (TPSA) is 0 Å². The van der Waals surface area contributed by atoms with Gasteiger partial charge in [-0.3, -0.25) is 0 Å². The predicted octanol–water partition coefficient (Wildman–Crippen LogP) is 5.58. The normalized spacial score (nSPS) is 30.3. The summed E-state index contributed by atoms with van der Waals surface area (Å²) in [6, 6.07) is 9.07. The van der Waals surface area contributed by atoms with Crippen molar-refractivity contribution in [2.45, 2.75) is 38.5 Å². The molecule has 0 heteroatoms. The van der Waals surface area contributed by atoms with Gasteiger partial charge in [0.1, 0.15) is 0 Å². The van der Waals surface area contributed by atoms with Gasteiger partial charge in [0.25, 0.3) is 0 Å². The van der Waals surface area contributed by atoms with Gasteiger partial charge in [-0.05, 0) is 64.5 Å². The van der Waals surface area contributed by atoms with Crippen molar-refractivity contribution in [3.05, 3.63) is 76.4 Å². The van der Waals surface area contributed by atoms with Gasteiger partial charge in [-0.15, -0.1) is 0 Å². The molecule has 0 radical (unpaired) electrons. The lowest BCUT2D eigenvalue weighted by molar-refractivity contribution is 0.649. The van der Waals surface area contributed by atoms with Crippen LogP contribution in [-0.4, -0.2) is 0 Å². The van der Waals surface area contributed by atoms with Crippen molar-refractivity contribution in [2.24, 2.45) is 11.8 Å². The largest absolute Gasteiger partial charge is 0.0836 e. The molecule has 2 unspecified atom stereocenters. The highest BCUT2D eigenvalue weighted by Crippen LogP contribution is 2.63. The highest BCUT2D eigenvalue weighted by Gasteiger charge is 2.52. The fraction of sp³-hybridized carbons (Fsp3) is 0.364. The lowest BCUT2D eigenvalue weighted by Gasteiger charge is -2.26. The van der Waals surface area contributed by atoms with Gasteiger partial charge in [-0.1, -0.05) is 62.4 Å². The van der Waals surface area contributed by atoms with Gasteiger partial charge in [0, 0.05) is 5.41 Å². The molecule has 1 aromatic carbocycles. The minimum Gasteiger partial charge on any atom is -0.0836 e. The van der Waals surface area contributed by atoms with Gasteiger partial charge in [0.2, 0.25) is 0 Å². The van der Waals surface area contributed by atoms with Crippen LogP contribution in [0.25, 0.3) is 5.57 Å². The van der Waals surface area contributed by atoms with Crippen LogP contribution in [0.2, 0.25) is 0 Å². The molecule has 0 bridgehead atoms. The number of rotatable bonds is 1. The minimum absolute atomic E-state index is 0.156. The Balaban J connectivity index is 1.69. The molecule has 0 spiro atoms. The molecule has 1 fully saturated rings. The molecule has 5 rings (SSSR count). The van der Waals surface area contributed by atoms with E-state index in [9.17, 15) is 0 Å². The second kappa shape index (κ2) is 4.13. The van der Waals surface area contributed by atoms with E-state index < -0.39 is 0 Å². The minimum atomic E-state index is 0.156. The molecule has 0 amide bonds. The predicted molar refractivity (Wildman–Crippen MR) is 92.5 cm³/mol. The van der Waals surface area contributed by atoms with Crippen molar-refractivity contribution in [2.75, 3.05) is 0 Å². The van der Waals surface area contributed by atoms with Crippen LogP contribution in [-0.2, 0) is 5.41 Å². The molecule has 0 nitrogen and oxygen atoms in total. The molecule has 0 aliphatic heterocycles. The summed E-state index contributed by atoms with van der Waals surface area (Å²) in [4.78, 5) is 0. The molecule has 0 heterocycles. The summed E-state index contributed by atoms with van der Waals surface area (Å²) in [5, 5.41) is 0. The van der Waals surface area contributed by atoms with Crippen molar-refractivity contribution in [3.8, 4) is 0 Å². The monoisotopic (exact) mass is 286 g/mol. The van der Waals surface area contributed by atoms with Crippen LogP contribution in [0.3, 0.4) is 0 Å². The molecule has 1 saturated carbocycles.